The van der Waals surface area contributed by atoms with Crippen molar-refractivity contribution in [1.29, 1.82) is 0 Å². The first-order chi connectivity index (χ1) is 13.1. The van der Waals surface area contributed by atoms with E-state index in [1.165, 1.54) is 0 Å². The molecular formula is C17H18N7O2S-. The minimum absolute atomic E-state index is 0.414. The summed E-state index contributed by atoms with van der Waals surface area (Å²) in [6, 6.07) is 12.3. The Morgan fingerprint density at radius 1 is 1.15 bits per heavy atom. The van der Waals surface area contributed by atoms with Gasteiger partial charge in [-0.25, -0.2) is 4.98 Å². The van der Waals surface area contributed by atoms with Crippen molar-refractivity contribution in [3.63, 3.8) is 0 Å². The Morgan fingerprint density at radius 3 is 2.63 bits per heavy atom. The summed E-state index contributed by atoms with van der Waals surface area (Å²) in [5.74, 6) is 1.08. The molecule has 0 amide bonds. The highest BCUT2D eigenvalue weighted by Gasteiger charge is 2.06. The van der Waals surface area contributed by atoms with E-state index >= 15 is 0 Å². The lowest BCUT2D eigenvalue weighted by molar-refractivity contribution is 0.529. The smallest absolute Gasteiger partial charge is 0.225 e. The molecule has 0 bridgehead atoms. The highest BCUT2D eigenvalue weighted by molar-refractivity contribution is 7.68. The van der Waals surface area contributed by atoms with E-state index in [-0.39, 0.29) is 0 Å². The number of pyridine rings is 1. The molecule has 3 rings (SSSR count). The van der Waals surface area contributed by atoms with Crippen LogP contribution in [0.4, 0.5) is 23.1 Å². The van der Waals surface area contributed by atoms with Gasteiger partial charge in [-0.2, -0.15) is 4.98 Å². The second kappa shape index (κ2) is 8.92. The molecule has 2 heterocycles. The number of anilines is 3. The molecule has 0 radical (unpaired) electrons. The number of nitrogens with zero attached hydrogens (tertiary/aromatic N) is 4. The van der Waals surface area contributed by atoms with Crippen LogP contribution in [0.2, 0.25) is 0 Å². The number of hydrogen-bond acceptors (Lipinski definition) is 9. The first kappa shape index (κ1) is 18.5. The van der Waals surface area contributed by atoms with Crippen LogP contribution in [-0.4, -0.2) is 26.0 Å². The average molecular weight is 384 g/mol. The first-order valence-electron chi connectivity index (χ1n) is 8.12. The number of hydrazine groups is 1. The zero-order chi connectivity index (χ0) is 19.1. The molecule has 140 valence electrons. The van der Waals surface area contributed by atoms with Gasteiger partial charge in [0.25, 0.3) is 0 Å². The van der Waals surface area contributed by atoms with Gasteiger partial charge in [0.2, 0.25) is 5.95 Å². The lowest BCUT2D eigenvalue weighted by Gasteiger charge is -2.12. The molecule has 0 fully saturated rings. The molecule has 0 unspecified atom stereocenters. The van der Waals surface area contributed by atoms with Crippen molar-refractivity contribution in [2.75, 3.05) is 22.7 Å². The van der Waals surface area contributed by atoms with Crippen molar-refractivity contribution in [3.8, 4) is 11.3 Å². The minimum Gasteiger partial charge on any atom is -0.454 e. The van der Waals surface area contributed by atoms with Crippen LogP contribution >= 0.6 is 0 Å². The third-order valence-electron chi connectivity index (χ3n) is 3.40. The lowest BCUT2D eigenvalue weighted by Crippen LogP contribution is -2.12. The van der Waals surface area contributed by atoms with Crippen LogP contribution in [0, 0.1) is 0 Å². The Morgan fingerprint density at radius 2 is 1.96 bits per heavy atom. The van der Waals surface area contributed by atoms with E-state index in [0.717, 1.165) is 16.9 Å². The van der Waals surface area contributed by atoms with E-state index < -0.39 is 10.9 Å². The first-order valence-corrected chi connectivity index (χ1v) is 9.18. The minimum atomic E-state index is -2.22. The molecule has 4 N–H and O–H groups in total. The van der Waals surface area contributed by atoms with Gasteiger partial charge in [0.05, 0.1) is 11.4 Å². The molecule has 0 spiro atoms. The zero-order valence-electron chi connectivity index (χ0n) is 14.5. The van der Waals surface area contributed by atoms with Gasteiger partial charge < -0.3 is 18.4 Å². The van der Waals surface area contributed by atoms with Crippen LogP contribution < -0.4 is 16.2 Å². The Kier molecular flexibility index (Phi) is 6.13. The lowest BCUT2D eigenvalue weighted by atomic mass is 10.2. The number of nitrogens with one attached hydrogen (secondary N) is 3. The van der Waals surface area contributed by atoms with Gasteiger partial charge in [0.15, 0.2) is 5.82 Å². The predicted molar refractivity (Wildman–Crippen MR) is 106 cm³/mol. The topological polar surface area (TPSA) is 124 Å². The maximum Gasteiger partial charge on any atom is 0.225 e. The highest BCUT2D eigenvalue weighted by Crippen LogP contribution is 2.21. The monoisotopic (exact) mass is 384 g/mol. The summed E-state index contributed by atoms with van der Waals surface area (Å²) in [5.41, 5.74) is 8.82. The van der Waals surface area contributed by atoms with Crippen LogP contribution in [0.5, 0.6) is 0 Å². The van der Waals surface area contributed by atoms with Gasteiger partial charge in [-0.15, -0.1) is 0 Å². The van der Waals surface area contributed by atoms with Crippen LogP contribution in [-0.2, 0) is 15.1 Å². The maximum atomic E-state index is 10.7. The molecule has 2 aromatic heterocycles. The standard InChI is InChI=1S/C17H18N7O2S/c1-2-19-17-20-15(12-4-3-9-18-11-12)10-16(21-17)23-22-13-5-7-14(8-6-13)24-27(25)26/h3-11,22H,2H2,1H3,(H,24,25,26)(H2,19,20,21,23)/q-1. The second-order valence-electron chi connectivity index (χ2n) is 5.35. The third kappa shape index (κ3) is 5.36. The van der Waals surface area contributed by atoms with Gasteiger partial charge >= 0.3 is 0 Å². The van der Waals surface area contributed by atoms with Crippen LogP contribution in [0.15, 0.2) is 59.2 Å². The fourth-order valence-corrected chi connectivity index (χ4v) is 2.54. The third-order valence-corrected chi connectivity index (χ3v) is 3.77. The highest BCUT2D eigenvalue weighted by atomic mass is 32.2. The van der Waals surface area contributed by atoms with Gasteiger partial charge in [-0.1, -0.05) is 10.9 Å². The molecule has 0 saturated carbocycles. The number of benzene rings is 1. The molecule has 3 aromatic rings. The van der Waals surface area contributed by atoms with Gasteiger partial charge in [0, 0.05) is 36.3 Å². The van der Waals surface area contributed by atoms with E-state index in [1.54, 1.807) is 36.7 Å². The van der Waals surface area contributed by atoms with Crippen LogP contribution in [0.1, 0.15) is 6.92 Å². The molecule has 0 aliphatic heterocycles. The Balaban J connectivity index is 1.78. The zero-order valence-corrected chi connectivity index (χ0v) is 15.3. The summed E-state index contributed by atoms with van der Waals surface area (Å²) in [6.07, 6.45) is 3.45. The van der Waals surface area contributed by atoms with E-state index in [0.29, 0.717) is 24.0 Å². The second-order valence-corrected chi connectivity index (χ2v) is 6.00. The van der Waals surface area contributed by atoms with E-state index in [1.807, 2.05) is 25.1 Å². The molecular weight excluding hydrogens is 366 g/mol. The SMILES string of the molecule is CCNc1nc(NNc2ccc(N=[S-](=O)O)cc2)cc(-c2cccnc2)n1. The molecule has 0 aliphatic carbocycles. The van der Waals surface area contributed by atoms with Crippen molar-refractivity contribution < 1.29 is 8.76 Å². The number of hydrogen-bond donors (Lipinski definition) is 4. The normalized spacial score (nSPS) is 11.8. The van der Waals surface area contributed by atoms with Crippen LogP contribution in [0.3, 0.4) is 0 Å². The molecule has 9 nitrogen and oxygen atoms in total. The van der Waals surface area contributed by atoms with Crippen molar-refractivity contribution in [2.24, 2.45) is 4.36 Å². The fraction of sp³-hybridized carbons (Fsp3) is 0.118. The van der Waals surface area contributed by atoms with E-state index in [2.05, 4.69) is 35.5 Å². The summed E-state index contributed by atoms with van der Waals surface area (Å²) >= 11 is 0. The van der Waals surface area contributed by atoms with Crippen LogP contribution in [0.25, 0.3) is 11.3 Å². The molecule has 1 aromatic carbocycles. The van der Waals surface area contributed by atoms with E-state index in [4.69, 9.17) is 4.55 Å². The van der Waals surface area contributed by atoms with Gasteiger partial charge in [-0.3, -0.25) is 15.8 Å². The van der Waals surface area contributed by atoms with Gasteiger partial charge in [0.1, 0.15) is 0 Å². The molecule has 27 heavy (non-hydrogen) atoms. The van der Waals surface area contributed by atoms with E-state index in [9.17, 15) is 4.21 Å². The molecule has 0 saturated heterocycles. The number of aromatic nitrogens is 3. The Bertz CT molecular complexity index is 974. The number of rotatable bonds is 7. The maximum absolute atomic E-state index is 10.7. The van der Waals surface area contributed by atoms with Crippen molar-refractivity contribution in [2.45, 2.75) is 6.92 Å². The predicted octanol–water partition coefficient (Wildman–Crippen LogP) is 3.66. The summed E-state index contributed by atoms with van der Waals surface area (Å²) < 4.78 is 23.0. The van der Waals surface area contributed by atoms with Crippen molar-refractivity contribution in [1.82, 2.24) is 15.0 Å². The quantitative estimate of drug-likeness (QED) is 0.276. The largest absolute Gasteiger partial charge is 0.454 e. The van der Waals surface area contributed by atoms with Gasteiger partial charge in [-0.05, 0) is 43.3 Å². The van der Waals surface area contributed by atoms with Crippen molar-refractivity contribution >= 4 is 34.0 Å². The molecule has 10 heteroatoms. The fourth-order valence-electron chi connectivity index (χ4n) is 2.24. The summed E-state index contributed by atoms with van der Waals surface area (Å²) in [5, 5.41) is 3.11. The average Bonchev–Trinajstić information content (AvgIpc) is 2.68. The van der Waals surface area contributed by atoms with Crippen molar-refractivity contribution in [3.05, 3.63) is 54.9 Å². The molecule has 0 aliphatic rings. The summed E-state index contributed by atoms with van der Waals surface area (Å²) in [4.78, 5) is 13.0. The Labute approximate surface area is 158 Å². The molecule has 0 atom stereocenters. The summed E-state index contributed by atoms with van der Waals surface area (Å²) in [6.45, 7) is 2.66. The Hall–Kier alpha value is -3.24. The summed E-state index contributed by atoms with van der Waals surface area (Å²) in [7, 11) is -2.22.